The lowest BCUT2D eigenvalue weighted by Gasteiger charge is -2.14. The number of rotatable bonds is 8. The molecule has 0 aliphatic carbocycles. The van der Waals surface area contributed by atoms with Crippen LogP contribution in [-0.4, -0.2) is 24.6 Å². The van der Waals surface area contributed by atoms with Crippen LogP contribution in [0.2, 0.25) is 0 Å². The van der Waals surface area contributed by atoms with Gasteiger partial charge in [0.15, 0.2) is 6.10 Å². The molecule has 0 aliphatic rings. The van der Waals surface area contributed by atoms with Crippen LogP contribution in [0.3, 0.4) is 0 Å². The molecule has 144 valence electrons. The summed E-state index contributed by atoms with van der Waals surface area (Å²) in [6, 6.07) is 10.3. The van der Waals surface area contributed by atoms with Crippen molar-refractivity contribution in [2.24, 2.45) is 0 Å². The van der Waals surface area contributed by atoms with E-state index in [0.29, 0.717) is 19.1 Å². The molecule has 0 spiro atoms. The quantitative estimate of drug-likeness (QED) is 0.558. The molecule has 0 radical (unpaired) electrons. The van der Waals surface area contributed by atoms with Gasteiger partial charge in [-0.1, -0.05) is 12.1 Å². The molecule has 2 aromatic rings. The molecule has 0 saturated heterocycles. The van der Waals surface area contributed by atoms with Crippen LogP contribution in [0, 0.1) is 18.6 Å². The summed E-state index contributed by atoms with van der Waals surface area (Å²) in [5, 5.41) is 2.25. The maximum absolute atomic E-state index is 13.5. The number of ether oxygens (including phenoxy) is 2. The molecule has 27 heavy (non-hydrogen) atoms. The van der Waals surface area contributed by atoms with Gasteiger partial charge >= 0.3 is 5.97 Å². The van der Waals surface area contributed by atoms with Gasteiger partial charge < -0.3 is 14.8 Å². The number of nitrogens with one attached hydrogen (secondary N) is 1. The van der Waals surface area contributed by atoms with Gasteiger partial charge in [-0.15, -0.1) is 0 Å². The van der Waals surface area contributed by atoms with E-state index >= 15 is 0 Å². The van der Waals surface area contributed by atoms with E-state index in [2.05, 4.69) is 5.32 Å². The Morgan fingerprint density at radius 2 is 1.93 bits per heavy atom. The lowest BCUT2D eigenvalue weighted by atomic mass is 10.2. The number of halogens is 2. The molecule has 7 heteroatoms. The van der Waals surface area contributed by atoms with Gasteiger partial charge in [-0.05, 0) is 50.1 Å². The van der Waals surface area contributed by atoms with E-state index in [1.54, 1.807) is 0 Å². The van der Waals surface area contributed by atoms with Crippen LogP contribution in [-0.2, 0) is 14.3 Å². The molecule has 1 atom stereocenters. The Morgan fingerprint density at radius 1 is 1.15 bits per heavy atom. The topological polar surface area (TPSA) is 64.6 Å². The number of hydrogen-bond donors (Lipinski definition) is 1. The first-order valence-corrected chi connectivity index (χ1v) is 8.50. The second-order valence-corrected chi connectivity index (χ2v) is 6.01. The highest BCUT2D eigenvalue weighted by Crippen LogP contribution is 2.16. The average Bonchev–Trinajstić information content (AvgIpc) is 2.61. The molecule has 0 bridgehead atoms. The van der Waals surface area contributed by atoms with Crippen molar-refractivity contribution in [3.05, 3.63) is 59.7 Å². The normalized spacial score (nSPS) is 11.6. The average molecular weight is 377 g/mol. The van der Waals surface area contributed by atoms with Gasteiger partial charge in [0.1, 0.15) is 17.4 Å². The predicted octanol–water partition coefficient (Wildman–Crippen LogP) is 4.00. The third-order valence-electron chi connectivity index (χ3n) is 3.65. The van der Waals surface area contributed by atoms with Gasteiger partial charge in [0.05, 0.1) is 12.3 Å². The molecule has 1 N–H and O–H groups in total. The predicted molar refractivity (Wildman–Crippen MR) is 96.4 cm³/mol. The zero-order valence-corrected chi connectivity index (χ0v) is 15.1. The fourth-order valence-corrected chi connectivity index (χ4v) is 2.25. The summed E-state index contributed by atoms with van der Waals surface area (Å²) in [5.74, 6) is -2.21. The van der Waals surface area contributed by atoms with E-state index in [1.807, 2.05) is 31.2 Å². The van der Waals surface area contributed by atoms with Crippen molar-refractivity contribution in [1.29, 1.82) is 0 Å². The Kier molecular flexibility index (Phi) is 7.28. The van der Waals surface area contributed by atoms with Gasteiger partial charge in [0.2, 0.25) is 0 Å². The number of carbonyl (C=O) groups excluding carboxylic acids is 2. The summed E-state index contributed by atoms with van der Waals surface area (Å²) in [7, 11) is 0. The van der Waals surface area contributed by atoms with Crippen LogP contribution in [0.5, 0.6) is 5.75 Å². The maximum Gasteiger partial charge on any atom is 0.306 e. The summed E-state index contributed by atoms with van der Waals surface area (Å²) >= 11 is 0. The molecule has 0 aromatic heterocycles. The first-order valence-electron chi connectivity index (χ1n) is 8.50. The van der Waals surface area contributed by atoms with Crippen LogP contribution in [0.1, 0.15) is 25.3 Å². The van der Waals surface area contributed by atoms with Crippen molar-refractivity contribution in [2.45, 2.75) is 32.8 Å². The number of amides is 1. The van der Waals surface area contributed by atoms with Gasteiger partial charge in [0.25, 0.3) is 5.91 Å². The first-order chi connectivity index (χ1) is 12.8. The largest absolute Gasteiger partial charge is 0.494 e. The second-order valence-electron chi connectivity index (χ2n) is 6.01. The Morgan fingerprint density at radius 3 is 2.63 bits per heavy atom. The van der Waals surface area contributed by atoms with Gasteiger partial charge in [-0.2, -0.15) is 0 Å². The third-order valence-corrected chi connectivity index (χ3v) is 3.65. The minimum Gasteiger partial charge on any atom is -0.494 e. The maximum atomic E-state index is 13.5. The smallest absolute Gasteiger partial charge is 0.306 e. The zero-order chi connectivity index (χ0) is 19.8. The van der Waals surface area contributed by atoms with Crippen LogP contribution in [0.15, 0.2) is 42.5 Å². The Balaban J connectivity index is 1.71. The number of esters is 1. The summed E-state index contributed by atoms with van der Waals surface area (Å²) < 4.78 is 36.9. The third kappa shape index (κ3) is 6.69. The molecule has 0 fully saturated rings. The number of anilines is 1. The summed E-state index contributed by atoms with van der Waals surface area (Å²) in [6.45, 7) is 3.66. The van der Waals surface area contributed by atoms with E-state index in [1.165, 1.54) is 6.92 Å². The van der Waals surface area contributed by atoms with E-state index in [-0.39, 0.29) is 12.1 Å². The van der Waals surface area contributed by atoms with Crippen molar-refractivity contribution in [2.75, 3.05) is 11.9 Å². The first kappa shape index (κ1) is 20.4. The second kappa shape index (κ2) is 9.66. The molecular weight excluding hydrogens is 356 g/mol. The monoisotopic (exact) mass is 377 g/mol. The lowest BCUT2D eigenvalue weighted by molar-refractivity contribution is -0.153. The molecule has 0 saturated carbocycles. The molecule has 2 rings (SSSR count). The van der Waals surface area contributed by atoms with E-state index in [9.17, 15) is 18.4 Å². The summed E-state index contributed by atoms with van der Waals surface area (Å²) in [5.41, 5.74) is 0.889. The van der Waals surface area contributed by atoms with Crippen LogP contribution < -0.4 is 10.1 Å². The Hall–Kier alpha value is -2.96. The molecule has 0 unspecified atom stereocenters. The summed E-state index contributed by atoms with van der Waals surface area (Å²) in [4.78, 5) is 23.8. The van der Waals surface area contributed by atoms with Crippen molar-refractivity contribution in [3.8, 4) is 5.75 Å². The highest BCUT2D eigenvalue weighted by molar-refractivity contribution is 5.95. The standard InChI is InChI=1S/C20H21F2NO4/c1-13-5-3-6-16(11-13)26-10-4-7-19(24)27-14(2)20(25)23-18-9-8-15(21)12-17(18)22/h3,5-6,8-9,11-12,14H,4,7,10H2,1-2H3,(H,23,25)/t14-/m1/s1. The molecular formula is C20H21F2NO4. The number of benzene rings is 2. The van der Waals surface area contributed by atoms with Crippen molar-refractivity contribution in [1.82, 2.24) is 0 Å². The molecule has 1 amide bonds. The van der Waals surface area contributed by atoms with Gasteiger partial charge in [0, 0.05) is 12.5 Å². The lowest BCUT2D eigenvalue weighted by Crippen LogP contribution is -2.30. The minimum atomic E-state index is -1.11. The van der Waals surface area contributed by atoms with Crippen molar-refractivity contribution >= 4 is 17.6 Å². The fourth-order valence-electron chi connectivity index (χ4n) is 2.25. The zero-order valence-electron chi connectivity index (χ0n) is 15.1. The van der Waals surface area contributed by atoms with Crippen molar-refractivity contribution in [3.63, 3.8) is 0 Å². The van der Waals surface area contributed by atoms with Crippen LogP contribution >= 0.6 is 0 Å². The Labute approximate surface area is 156 Å². The SMILES string of the molecule is Cc1cccc(OCCCC(=O)O[C@H](C)C(=O)Nc2ccc(F)cc2F)c1. The number of aryl methyl sites for hydroxylation is 1. The van der Waals surface area contributed by atoms with E-state index in [0.717, 1.165) is 23.4 Å². The Bertz CT molecular complexity index is 810. The number of carbonyl (C=O) groups is 2. The molecule has 0 aliphatic heterocycles. The highest BCUT2D eigenvalue weighted by atomic mass is 19.1. The molecule has 2 aromatic carbocycles. The molecule has 0 heterocycles. The van der Waals surface area contributed by atoms with E-state index < -0.39 is 29.6 Å². The van der Waals surface area contributed by atoms with Crippen LogP contribution in [0.25, 0.3) is 0 Å². The van der Waals surface area contributed by atoms with Crippen molar-refractivity contribution < 1.29 is 27.8 Å². The van der Waals surface area contributed by atoms with Crippen LogP contribution in [0.4, 0.5) is 14.5 Å². The van der Waals surface area contributed by atoms with Gasteiger partial charge in [-0.25, -0.2) is 8.78 Å². The summed E-state index contributed by atoms with van der Waals surface area (Å²) in [6.07, 6.45) is -0.609. The fraction of sp³-hybridized carbons (Fsp3) is 0.300. The highest BCUT2D eigenvalue weighted by Gasteiger charge is 2.19. The number of hydrogen-bond acceptors (Lipinski definition) is 4. The molecule has 5 nitrogen and oxygen atoms in total. The minimum absolute atomic E-state index is 0.0777. The van der Waals surface area contributed by atoms with E-state index in [4.69, 9.17) is 9.47 Å². The van der Waals surface area contributed by atoms with Gasteiger partial charge in [-0.3, -0.25) is 9.59 Å².